The van der Waals surface area contributed by atoms with Crippen molar-refractivity contribution in [3.63, 3.8) is 0 Å². The molecule has 3 N–H and O–H groups in total. The molecule has 2 unspecified atom stereocenters. The number of ketones is 1. The average molecular weight is 811 g/mol. The zero-order valence-electron chi connectivity index (χ0n) is 32.8. The standard InChI is InChI=1S/C40H53Cl2NO12/c1-20-23(52-34(48)30(46)29(22-13-11-10-12-14-22)43-35(49)55-36(3,4)5)16-40(50)21(2)32-38(8)19-51-24(38)15-25(53-26(44)17-41)39(32,9)33(47)31(54-27(45)18-42)28(20)37(40,6)7/h10-14,21,23-25,29-32,46,50H,15-19H2,1-9H3,(H,43,49)/t21?,23-,24+,25-,29-,30+,31+,32?,38+,39+,40+/m0/s1. The van der Waals surface area contributed by atoms with Gasteiger partial charge in [-0.25, -0.2) is 9.59 Å². The predicted octanol–water partition coefficient (Wildman–Crippen LogP) is 4.95. The van der Waals surface area contributed by atoms with Crippen LogP contribution < -0.4 is 5.32 Å². The molecule has 15 heteroatoms. The van der Waals surface area contributed by atoms with Crippen LogP contribution in [0.5, 0.6) is 0 Å². The molecule has 13 nitrogen and oxygen atoms in total. The van der Waals surface area contributed by atoms with Crippen LogP contribution in [-0.4, -0.2) is 100 Å². The lowest BCUT2D eigenvalue weighted by atomic mass is 9.40. The van der Waals surface area contributed by atoms with E-state index in [1.165, 1.54) is 0 Å². The zero-order chi connectivity index (χ0) is 41.1. The summed E-state index contributed by atoms with van der Waals surface area (Å²) in [5.74, 6) is -5.91. The van der Waals surface area contributed by atoms with E-state index in [2.05, 4.69) is 5.32 Å². The Morgan fingerprint density at radius 3 is 2.15 bits per heavy atom. The van der Waals surface area contributed by atoms with Gasteiger partial charge in [-0.15, -0.1) is 23.2 Å². The van der Waals surface area contributed by atoms with Crippen LogP contribution in [0.1, 0.15) is 86.8 Å². The van der Waals surface area contributed by atoms with Crippen molar-refractivity contribution in [3.05, 3.63) is 47.0 Å². The van der Waals surface area contributed by atoms with E-state index < -0.39 is 117 Å². The van der Waals surface area contributed by atoms with E-state index in [0.29, 0.717) is 11.1 Å². The SMILES string of the molecule is CC1=C2[C@@H](OC(=O)CCl)C(=O)[C@@]3(C)C(C(C)[C@](O)(C[C@@H]1OC(=O)[C@H](O)[C@@H](NC(=O)OC(C)(C)C)c1ccccc1)C2(C)C)[C@]1(C)CO[C@@H]1C[C@@H]3OC(=O)CCl. The second-order valence-corrected chi connectivity index (χ2v) is 17.9. The van der Waals surface area contributed by atoms with Gasteiger partial charge < -0.3 is 39.2 Å². The number of aliphatic hydroxyl groups excluding tert-OH is 1. The van der Waals surface area contributed by atoms with Crippen LogP contribution in [0.25, 0.3) is 0 Å². The Hall–Kier alpha value is -3.23. The van der Waals surface area contributed by atoms with Crippen molar-refractivity contribution in [2.75, 3.05) is 18.4 Å². The first kappa shape index (κ1) is 42.9. The first-order valence-electron chi connectivity index (χ1n) is 18.5. The van der Waals surface area contributed by atoms with Gasteiger partial charge in [0.2, 0.25) is 0 Å². The number of carbonyl (C=O) groups excluding carboxylic acids is 5. The monoisotopic (exact) mass is 809 g/mol. The van der Waals surface area contributed by atoms with Crippen molar-refractivity contribution in [1.82, 2.24) is 5.32 Å². The van der Waals surface area contributed by atoms with Crippen molar-refractivity contribution in [2.45, 2.75) is 123 Å². The number of esters is 3. The summed E-state index contributed by atoms with van der Waals surface area (Å²) in [6, 6.07) is 7.03. The lowest BCUT2D eigenvalue weighted by Crippen LogP contribution is -2.75. The van der Waals surface area contributed by atoms with Gasteiger partial charge in [-0.3, -0.25) is 14.4 Å². The van der Waals surface area contributed by atoms with Crippen molar-refractivity contribution < 1.29 is 57.9 Å². The fourth-order valence-electron chi connectivity index (χ4n) is 9.94. The zero-order valence-corrected chi connectivity index (χ0v) is 34.3. The highest BCUT2D eigenvalue weighted by molar-refractivity contribution is 6.26. The maximum absolute atomic E-state index is 15.4. The summed E-state index contributed by atoms with van der Waals surface area (Å²) in [4.78, 5) is 68.1. The predicted molar refractivity (Wildman–Crippen MR) is 200 cm³/mol. The van der Waals surface area contributed by atoms with Crippen LogP contribution in [0.15, 0.2) is 41.5 Å². The number of carbonyl (C=O) groups is 5. The van der Waals surface area contributed by atoms with E-state index in [0.717, 1.165) is 0 Å². The molecule has 5 rings (SSSR count). The highest BCUT2D eigenvalue weighted by Crippen LogP contribution is 2.67. The number of alkyl carbamates (subject to hydrolysis) is 1. The average Bonchev–Trinajstić information content (AvgIpc) is 3.11. The molecular weight excluding hydrogens is 757 g/mol. The molecule has 0 aromatic heterocycles. The number of rotatable bonds is 9. The van der Waals surface area contributed by atoms with E-state index in [1.54, 1.807) is 78.8 Å². The maximum Gasteiger partial charge on any atom is 0.408 e. The molecule has 2 bridgehead atoms. The van der Waals surface area contributed by atoms with Crippen LogP contribution in [-0.2, 0) is 42.9 Å². The molecule has 3 fully saturated rings. The van der Waals surface area contributed by atoms with Crippen LogP contribution in [0.4, 0.5) is 4.79 Å². The second-order valence-electron chi connectivity index (χ2n) is 17.3. The molecule has 304 valence electrons. The topological polar surface area (TPSA) is 184 Å². The third-order valence-electron chi connectivity index (χ3n) is 12.6. The number of fused-ring (bicyclic) bond motifs is 5. The van der Waals surface area contributed by atoms with Crippen molar-refractivity contribution in [2.24, 2.45) is 28.1 Å². The molecule has 0 spiro atoms. The minimum atomic E-state index is -1.95. The minimum absolute atomic E-state index is 0.165. The number of nitrogens with one attached hydrogen (secondary N) is 1. The number of amides is 1. The van der Waals surface area contributed by atoms with Crippen LogP contribution in [0.3, 0.4) is 0 Å². The summed E-state index contributed by atoms with van der Waals surface area (Å²) in [5.41, 5.74) is -5.28. The van der Waals surface area contributed by atoms with Gasteiger partial charge in [-0.1, -0.05) is 58.0 Å². The van der Waals surface area contributed by atoms with Gasteiger partial charge in [0.25, 0.3) is 0 Å². The Labute approximate surface area is 331 Å². The Bertz CT molecular complexity index is 1730. The summed E-state index contributed by atoms with van der Waals surface area (Å²) in [6.07, 6.45) is -7.23. The van der Waals surface area contributed by atoms with Gasteiger partial charge in [-0.05, 0) is 63.2 Å². The van der Waals surface area contributed by atoms with E-state index in [-0.39, 0.29) is 25.0 Å². The van der Waals surface area contributed by atoms with Crippen LogP contribution in [0.2, 0.25) is 0 Å². The first-order valence-corrected chi connectivity index (χ1v) is 19.6. The molecule has 1 aromatic carbocycles. The Balaban J connectivity index is 1.63. The summed E-state index contributed by atoms with van der Waals surface area (Å²) in [6.45, 7) is 15.8. The number of ether oxygens (including phenoxy) is 5. The lowest BCUT2D eigenvalue weighted by Gasteiger charge is -2.68. The van der Waals surface area contributed by atoms with Gasteiger partial charge in [0.05, 0.1) is 29.8 Å². The highest BCUT2D eigenvalue weighted by Gasteiger charge is 2.74. The van der Waals surface area contributed by atoms with Crippen molar-refractivity contribution in [3.8, 4) is 0 Å². The molecule has 0 radical (unpaired) electrons. The molecule has 3 aliphatic carbocycles. The quantitative estimate of drug-likeness (QED) is 0.132. The van der Waals surface area contributed by atoms with Crippen molar-refractivity contribution >= 4 is 53.0 Å². The van der Waals surface area contributed by atoms with E-state index in [1.807, 2.05) is 13.8 Å². The first-order chi connectivity index (χ1) is 25.5. The summed E-state index contributed by atoms with van der Waals surface area (Å²) in [7, 11) is 0. The molecule has 1 saturated heterocycles. The summed E-state index contributed by atoms with van der Waals surface area (Å²) < 4.78 is 29.2. The summed E-state index contributed by atoms with van der Waals surface area (Å²) >= 11 is 11.8. The molecule has 55 heavy (non-hydrogen) atoms. The number of hydrogen-bond donors (Lipinski definition) is 3. The fraction of sp³-hybridized carbons (Fsp3) is 0.675. The van der Waals surface area contributed by atoms with E-state index >= 15 is 4.79 Å². The molecule has 2 saturated carbocycles. The second kappa shape index (κ2) is 15.3. The molecular formula is C40H53Cl2NO12. The molecule has 11 atom stereocenters. The number of halogens is 2. The number of Topliss-reactive ketones (excluding diaryl/α,β-unsaturated/α-hetero) is 1. The Morgan fingerprint density at radius 1 is 1.00 bits per heavy atom. The molecule has 1 aliphatic heterocycles. The van der Waals surface area contributed by atoms with Gasteiger partial charge in [0.15, 0.2) is 18.0 Å². The highest BCUT2D eigenvalue weighted by atomic mass is 35.5. The molecule has 1 heterocycles. The van der Waals surface area contributed by atoms with Gasteiger partial charge in [0.1, 0.15) is 29.6 Å². The third-order valence-corrected chi connectivity index (χ3v) is 13.1. The minimum Gasteiger partial charge on any atom is -0.460 e. The fourth-order valence-corrected chi connectivity index (χ4v) is 10.1. The molecule has 1 amide bonds. The number of benzene rings is 1. The number of hydrogen-bond acceptors (Lipinski definition) is 12. The summed E-state index contributed by atoms with van der Waals surface area (Å²) in [5, 5.41) is 27.4. The Kier molecular flexibility index (Phi) is 11.9. The molecule has 1 aromatic rings. The van der Waals surface area contributed by atoms with Gasteiger partial charge in [0, 0.05) is 23.7 Å². The van der Waals surface area contributed by atoms with Crippen LogP contribution in [0, 0.1) is 28.1 Å². The van der Waals surface area contributed by atoms with Crippen LogP contribution >= 0.6 is 23.2 Å². The largest absolute Gasteiger partial charge is 0.460 e. The van der Waals surface area contributed by atoms with E-state index in [9.17, 15) is 29.4 Å². The van der Waals surface area contributed by atoms with Gasteiger partial charge in [-0.2, -0.15) is 0 Å². The van der Waals surface area contributed by atoms with E-state index in [4.69, 9.17) is 46.9 Å². The lowest BCUT2D eigenvalue weighted by molar-refractivity contribution is -0.303. The normalized spacial score (nSPS) is 35.0. The Morgan fingerprint density at radius 2 is 1.60 bits per heavy atom. The maximum atomic E-state index is 15.4. The number of aliphatic hydroxyl groups is 2. The van der Waals surface area contributed by atoms with Crippen molar-refractivity contribution in [1.29, 1.82) is 0 Å². The third kappa shape index (κ3) is 7.40. The number of alkyl halides is 2. The van der Waals surface area contributed by atoms with Gasteiger partial charge >= 0.3 is 24.0 Å². The smallest absolute Gasteiger partial charge is 0.408 e. The molecule has 4 aliphatic rings.